The summed E-state index contributed by atoms with van der Waals surface area (Å²) in [4.78, 5) is 2.08. The van der Waals surface area contributed by atoms with Crippen molar-refractivity contribution in [2.24, 2.45) is 0 Å². The molecule has 0 amide bonds. The maximum Gasteiger partial charge on any atom is 0.179 e. The third-order valence-electron chi connectivity index (χ3n) is 2.35. The molecule has 0 aliphatic carbocycles. The number of ether oxygens (including phenoxy) is 2. The maximum atomic E-state index is 8.84. The van der Waals surface area contributed by atoms with E-state index in [9.17, 15) is 0 Å². The Morgan fingerprint density at radius 1 is 1.39 bits per heavy atom. The van der Waals surface area contributed by atoms with Crippen molar-refractivity contribution in [3.63, 3.8) is 0 Å². The molecule has 1 rings (SSSR count). The lowest BCUT2D eigenvalue weighted by atomic mass is 10.2. The Labute approximate surface area is 113 Å². The summed E-state index contributed by atoms with van der Waals surface area (Å²) in [6, 6.07) is 5.22. The van der Waals surface area contributed by atoms with E-state index in [1.54, 1.807) is 12.1 Å². The summed E-state index contributed by atoms with van der Waals surface area (Å²) in [7, 11) is 5.55. The van der Waals surface area contributed by atoms with E-state index in [1.165, 1.54) is 7.11 Å². The van der Waals surface area contributed by atoms with Gasteiger partial charge >= 0.3 is 0 Å². The lowest BCUT2D eigenvalue weighted by molar-refractivity contribution is 0.268. The zero-order chi connectivity index (χ0) is 13.5. The van der Waals surface area contributed by atoms with Crippen LogP contribution in [0.4, 0.5) is 0 Å². The van der Waals surface area contributed by atoms with Crippen LogP contribution in [0.1, 0.15) is 12.0 Å². The molecule has 0 unspecified atom stereocenters. The Kier molecular flexibility index (Phi) is 5.76. The van der Waals surface area contributed by atoms with Crippen molar-refractivity contribution < 1.29 is 9.47 Å². The topological polar surface area (TPSA) is 45.5 Å². The SMILES string of the molecule is COc1cc(C#N)cc(Cl)c1OCCCN(C)C. The first-order valence-electron chi connectivity index (χ1n) is 5.63. The first kappa shape index (κ1) is 14.6. The largest absolute Gasteiger partial charge is 0.493 e. The molecular weight excluding hydrogens is 252 g/mol. The molecule has 0 aliphatic rings. The smallest absolute Gasteiger partial charge is 0.179 e. The zero-order valence-electron chi connectivity index (χ0n) is 10.9. The predicted molar refractivity (Wildman–Crippen MR) is 71.4 cm³/mol. The molecule has 0 radical (unpaired) electrons. The Balaban J connectivity index is 2.73. The lowest BCUT2D eigenvalue weighted by Gasteiger charge is -2.14. The van der Waals surface area contributed by atoms with Crippen LogP contribution in [-0.4, -0.2) is 39.3 Å². The van der Waals surface area contributed by atoms with Gasteiger partial charge in [0.25, 0.3) is 0 Å². The monoisotopic (exact) mass is 268 g/mol. The third kappa shape index (κ3) is 4.10. The van der Waals surface area contributed by atoms with E-state index >= 15 is 0 Å². The molecule has 4 nitrogen and oxygen atoms in total. The fourth-order valence-electron chi connectivity index (χ4n) is 1.48. The summed E-state index contributed by atoms with van der Waals surface area (Å²) in [5, 5.41) is 9.24. The number of halogens is 1. The third-order valence-corrected chi connectivity index (χ3v) is 2.64. The van der Waals surface area contributed by atoms with Gasteiger partial charge in [0.1, 0.15) is 0 Å². The summed E-state index contributed by atoms with van der Waals surface area (Å²) < 4.78 is 10.8. The molecule has 5 heteroatoms. The van der Waals surface area contributed by atoms with Crippen LogP contribution in [0.15, 0.2) is 12.1 Å². The van der Waals surface area contributed by atoms with Crippen LogP contribution >= 0.6 is 11.6 Å². The fourth-order valence-corrected chi connectivity index (χ4v) is 1.74. The molecule has 1 aromatic carbocycles. The molecule has 0 saturated heterocycles. The van der Waals surface area contributed by atoms with Crippen LogP contribution in [0.25, 0.3) is 0 Å². The van der Waals surface area contributed by atoms with Crippen molar-refractivity contribution >= 4 is 11.6 Å². The maximum absolute atomic E-state index is 8.84. The number of hydrogen-bond donors (Lipinski definition) is 0. The second-order valence-electron chi connectivity index (χ2n) is 4.11. The highest BCUT2D eigenvalue weighted by Gasteiger charge is 2.11. The van der Waals surface area contributed by atoms with E-state index in [-0.39, 0.29) is 0 Å². The molecular formula is C13H17ClN2O2. The first-order valence-corrected chi connectivity index (χ1v) is 6.01. The van der Waals surface area contributed by atoms with Gasteiger partial charge in [0.05, 0.1) is 30.4 Å². The van der Waals surface area contributed by atoms with E-state index in [4.69, 9.17) is 26.3 Å². The number of nitriles is 1. The predicted octanol–water partition coefficient (Wildman–Crippen LogP) is 2.55. The number of rotatable bonds is 6. The van der Waals surface area contributed by atoms with Crippen LogP contribution < -0.4 is 9.47 Å². The highest BCUT2D eigenvalue weighted by molar-refractivity contribution is 6.32. The number of nitrogens with zero attached hydrogens (tertiary/aromatic N) is 2. The minimum absolute atomic E-state index is 0.399. The molecule has 0 fully saturated rings. The summed E-state index contributed by atoms with van der Waals surface area (Å²) in [6.07, 6.45) is 0.895. The van der Waals surface area contributed by atoms with Crippen molar-refractivity contribution in [3.8, 4) is 17.6 Å². The van der Waals surface area contributed by atoms with E-state index in [2.05, 4.69) is 4.90 Å². The van der Waals surface area contributed by atoms with Crippen LogP contribution in [0, 0.1) is 11.3 Å². The highest BCUT2D eigenvalue weighted by atomic mass is 35.5. The van der Waals surface area contributed by atoms with Gasteiger partial charge < -0.3 is 14.4 Å². The number of hydrogen-bond acceptors (Lipinski definition) is 4. The van der Waals surface area contributed by atoms with E-state index in [0.29, 0.717) is 28.7 Å². The minimum Gasteiger partial charge on any atom is -0.493 e. The van der Waals surface area contributed by atoms with Crippen LogP contribution in [-0.2, 0) is 0 Å². The van der Waals surface area contributed by atoms with E-state index in [1.807, 2.05) is 20.2 Å². The van der Waals surface area contributed by atoms with E-state index < -0.39 is 0 Å². The zero-order valence-corrected chi connectivity index (χ0v) is 11.6. The molecule has 98 valence electrons. The van der Waals surface area contributed by atoms with Gasteiger partial charge in [-0.25, -0.2) is 0 Å². The Bertz CT molecular complexity index is 441. The van der Waals surface area contributed by atoms with Gasteiger partial charge in [0.2, 0.25) is 0 Å². The van der Waals surface area contributed by atoms with Gasteiger partial charge in [-0.1, -0.05) is 11.6 Å². The van der Waals surface area contributed by atoms with Crippen LogP contribution in [0.5, 0.6) is 11.5 Å². The van der Waals surface area contributed by atoms with Gasteiger partial charge in [-0.3, -0.25) is 0 Å². The molecule has 0 spiro atoms. The number of methoxy groups -OCH3 is 1. The molecule has 0 aliphatic heterocycles. The molecule has 0 heterocycles. The van der Waals surface area contributed by atoms with Crippen molar-refractivity contribution in [3.05, 3.63) is 22.7 Å². The molecule has 0 atom stereocenters. The van der Waals surface area contributed by atoms with Gasteiger partial charge in [-0.05, 0) is 26.6 Å². The lowest BCUT2D eigenvalue weighted by Crippen LogP contribution is -2.15. The fraction of sp³-hybridized carbons (Fsp3) is 0.462. The average molecular weight is 269 g/mol. The van der Waals surface area contributed by atoms with Crippen molar-refractivity contribution in [1.82, 2.24) is 4.90 Å². The number of benzene rings is 1. The Morgan fingerprint density at radius 2 is 2.11 bits per heavy atom. The van der Waals surface area contributed by atoms with Crippen molar-refractivity contribution in [2.75, 3.05) is 34.4 Å². The highest BCUT2D eigenvalue weighted by Crippen LogP contribution is 2.36. The standard InChI is InChI=1S/C13H17ClN2O2/c1-16(2)5-4-6-18-13-11(14)7-10(9-15)8-12(13)17-3/h7-8H,4-6H2,1-3H3. The van der Waals surface area contributed by atoms with Crippen molar-refractivity contribution in [1.29, 1.82) is 5.26 Å². The van der Waals surface area contributed by atoms with Gasteiger partial charge in [-0.15, -0.1) is 0 Å². The van der Waals surface area contributed by atoms with Crippen LogP contribution in [0.2, 0.25) is 5.02 Å². The molecule has 0 bridgehead atoms. The summed E-state index contributed by atoms with van der Waals surface area (Å²) >= 11 is 6.07. The molecule has 18 heavy (non-hydrogen) atoms. The quantitative estimate of drug-likeness (QED) is 0.744. The minimum atomic E-state index is 0.399. The van der Waals surface area contributed by atoms with E-state index in [0.717, 1.165) is 13.0 Å². The van der Waals surface area contributed by atoms with Crippen LogP contribution in [0.3, 0.4) is 0 Å². The van der Waals surface area contributed by atoms with Gasteiger partial charge in [-0.2, -0.15) is 5.26 Å². The molecule has 0 saturated carbocycles. The normalized spacial score (nSPS) is 10.2. The Hall–Kier alpha value is -1.44. The molecule has 0 N–H and O–H groups in total. The van der Waals surface area contributed by atoms with Gasteiger partial charge in [0.15, 0.2) is 11.5 Å². The second kappa shape index (κ2) is 7.10. The summed E-state index contributed by atoms with van der Waals surface area (Å²) in [5.74, 6) is 0.987. The summed E-state index contributed by atoms with van der Waals surface area (Å²) in [5.41, 5.74) is 0.456. The molecule has 0 aromatic heterocycles. The van der Waals surface area contributed by atoms with Crippen molar-refractivity contribution in [2.45, 2.75) is 6.42 Å². The van der Waals surface area contributed by atoms with Gasteiger partial charge in [0, 0.05) is 12.6 Å². The Morgan fingerprint density at radius 3 is 2.67 bits per heavy atom. The first-order chi connectivity index (χ1) is 8.58. The summed E-state index contributed by atoms with van der Waals surface area (Å²) in [6.45, 7) is 1.50. The second-order valence-corrected chi connectivity index (χ2v) is 4.51. The average Bonchev–Trinajstić information content (AvgIpc) is 2.34. The molecule has 1 aromatic rings.